The van der Waals surface area contributed by atoms with E-state index >= 15 is 0 Å². The van der Waals surface area contributed by atoms with Crippen LogP contribution >= 0.6 is 0 Å². The van der Waals surface area contributed by atoms with E-state index in [1.54, 1.807) is 24.3 Å². The lowest BCUT2D eigenvalue weighted by molar-refractivity contribution is -0.169. The highest BCUT2D eigenvalue weighted by Gasteiger charge is 2.22. The van der Waals surface area contributed by atoms with E-state index in [0.29, 0.717) is 35.2 Å². The largest absolute Gasteiger partial charge is 0.428 e. The maximum atomic E-state index is 12.5. The zero-order valence-corrected chi connectivity index (χ0v) is 30.5. The molecular formula is C44H56O6. The van der Waals surface area contributed by atoms with Gasteiger partial charge in [-0.1, -0.05) is 102 Å². The van der Waals surface area contributed by atoms with Gasteiger partial charge in [-0.3, -0.25) is 14.6 Å². The molecule has 0 radical (unpaired) electrons. The molecule has 6 heteroatoms. The Bertz CT molecular complexity index is 1530. The first-order chi connectivity index (χ1) is 24.2. The fraction of sp³-hybridized carbons (Fsp3) is 0.455. The van der Waals surface area contributed by atoms with Crippen molar-refractivity contribution in [1.29, 1.82) is 0 Å². The van der Waals surface area contributed by atoms with Crippen molar-refractivity contribution in [2.24, 2.45) is 5.92 Å². The lowest BCUT2D eigenvalue weighted by Crippen LogP contribution is -2.13. The number of allylic oxidation sites excluding steroid dienone is 2. The highest BCUT2D eigenvalue weighted by Crippen LogP contribution is 2.39. The third kappa shape index (κ3) is 12.5. The van der Waals surface area contributed by atoms with E-state index in [2.05, 4.69) is 52.1 Å². The summed E-state index contributed by atoms with van der Waals surface area (Å²) in [6.07, 6.45) is 16.3. The summed E-state index contributed by atoms with van der Waals surface area (Å²) in [5.74, 6) is 2.34. The maximum absolute atomic E-state index is 12.5. The topological polar surface area (TPSA) is 71.1 Å². The fourth-order valence-corrected chi connectivity index (χ4v) is 6.64. The van der Waals surface area contributed by atoms with Crippen LogP contribution in [0.2, 0.25) is 0 Å². The molecule has 0 unspecified atom stereocenters. The molecule has 1 saturated carbocycles. The predicted molar refractivity (Wildman–Crippen MR) is 201 cm³/mol. The number of aryl methyl sites for hydroxylation is 1. The molecule has 1 fully saturated rings. The minimum absolute atomic E-state index is 0.0816. The van der Waals surface area contributed by atoms with Crippen LogP contribution in [0.1, 0.15) is 138 Å². The van der Waals surface area contributed by atoms with Crippen molar-refractivity contribution < 1.29 is 28.8 Å². The number of carbonyl (C=O) groups is 2. The van der Waals surface area contributed by atoms with Crippen LogP contribution in [0, 0.1) is 12.8 Å². The van der Waals surface area contributed by atoms with Crippen LogP contribution in [0.4, 0.5) is 0 Å². The smallest absolute Gasteiger partial charge is 0.343 e. The Labute approximate surface area is 299 Å². The monoisotopic (exact) mass is 680 g/mol. The average molecular weight is 681 g/mol. The van der Waals surface area contributed by atoms with Gasteiger partial charge in [-0.05, 0) is 110 Å². The Morgan fingerprint density at radius 2 is 1.40 bits per heavy atom. The van der Waals surface area contributed by atoms with Gasteiger partial charge in [0.1, 0.15) is 17.3 Å². The number of hydrogen-bond donors (Lipinski definition) is 0. The second-order valence-electron chi connectivity index (χ2n) is 13.8. The van der Waals surface area contributed by atoms with E-state index in [0.717, 1.165) is 30.7 Å². The summed E-state index contributed by atoms with van der Waals surface area (Å²) in [6, 6.07) is 20.9. The highest BCUT2D eigenvalue weighted by atomic mass is 17.2. The molecule has 1 aliphatic carbocycles. The van der Waals surface area contributed by atoms with E-state index in [9.17, 15) is 9.59 Å². The molecule has 0 bridgehead atoms. The second kappa shape index (κ2) is 20.4. The minimum Gasteiger partial charge on any atom is -0.428 e. The fourth-order valence-electron chi connectivity index (χ4n) is 6.64. The van der Waals surface area contributed by atoms with Crippen LogP contribution in [0.3, 0.4) is 0 Å². The molecule has 0 spiro atoms. The van der Waals surface area contributed by atoms with Crippen LogP contribution in [0.5, 0.6) is 11.5 Å². The van der Waals surface area contributed by atoms with Gasteiger partial charge in [-0.25, -0.2) is 4.79 Å². The van der Waals surface area contributed by atoms with Crippen LogP contribution < -0.4 is 9.62 Å². The normalized spacial score (nSPS) is 15.6. The standard InChI is InChI=1S/C44H56O6/c1-6-8-10-12-14-35-16-18-36(19-17-35)39-24-29-42(32(3)31-39)37-20-25-40(26-21-37)48-43(45)30-15-34(5)49-50-41-27-22-38(23-28-41)44(46)47-33(4)13-11-9-7-2/h20-29,31,35-36H,4-19,30H2,1-3H3. The molecule has 1 aliphatic rings. The van der Waals surface area contributed by atoms with Crippen molar-refractivity contribution in [3.63, 3.8) is 0 Å². The van der Waals surface area contributed by atoms with Crippen LogP contribution in [0.15, 0.2) is 91.4 Å². The molecule has 50 heavy (non-hydrogen) atoms. The number of esters is 2. The third-order valence-corrected chi connectivity index (χ3v) is 9.68. The van der Waals surface area contributed by atoms with E-state index in [1.807, 2.05) is 24.3 Å². The van der Waals surface area contributed by atoms with Gasteiger partial charge in [0.25, 0.3) is 0 Å². The van der Waals surface area contributed by atoms with Gasteiger partial charge in [0, 0.05) is 12.8 Å². The van der Waals surface area contributed by atoms with Crippen LogP contribution in [-0.4, -0.2) is 11.9 Å². The van der Waals surface area contributed by atoms with Crippen molar-refractivity contribution in [3.05, 3.63) is 108 Å². The molecule has 3 aromatic carbocycles. The van der Waals surface area contributed by atoms with Gasteiger partial charge in [0.05, 0.1) is 12.0 Å². The zero-order chi connectivity index (χ0) is 35.7. The molecule has 6 nitrogen and oxygen atoms in total. The minimum atomic E-state index is -0.462. The van der Waals surface area contributed by atoms with Gasteiger partial charge in [-0.15, -0.1) is 0 Å². The predicted octanol–water partition coefficient (Wildman–Crippen LogP) is 12.4. The van der Waals surface area contributed by atoms with Crippen molar-refractivity contribution in [2.75, 3.05) is 0 Å². The number of unbranched alkanes of at least 4 members (excludes halogenated alkanes) is 5. The first-order valence-electron chi connectivity index (χ1n) is 18.7. The summed E-state index contributed by atoms with van der Waals surface area (Å²) in [4.78, 5) is 35.4. The Hall–Kier alpha value is -4.32. The number of rotatable bonds is 20. The zero-order valence-electron chi connectivity index (χ0n) is 30.5. The molecule has 3 aromatic rings. The van der Waals surface area contributed by atoms with Crippen molar-refractivity contribution >= 4 is 11.9 Å². The molecule has 4 rings (SSSR count). The SMILES string of the molecule is C=C(CCC(=O)Oc1ccc(-c2ccc(C3CCC(CCCCCC)CC3)cc2C)cc1)OOc1ccc(C(=O)OC(=C)CCCCC)cc1. The van der Waals surface area contributed by atoms with Crippen LogP contribution in [0.25, 0.3) is 11.1 Å². The molecule has 0 amide bonds. The Balaban J connectivity index is 1.16. The van der Waals surface area contributed by atoms with E-state index in [-0.39, 0.29) is 18.6 Å². The van der Waals surface area contributed by atoms with Crippen LogP contribution in [-0.2, 0) is 14.4 Å². The van der Waals surface area contributed by atoms with Crippen molar-refractivity contribution in [3.8, 4) is 22.6 Å². The Morgan fingerprint density at radius 1 is 0.720 bits per heavy atom. The molecule has 0 heterocycles. The quantitative estimate of drug-likeness (QED) is 0.0295. The summed E-state index contributed by atoms with van der Waals surface area (Å²) in [6.45, 7) is 14.2. The first-order valence-corrected chi connectivity index (χ1v) is 18.7. The number of hydrogen-bond acceptors (Lipinski definition) is 6. The summed E-state index contributed by atoms with van der Waals surface area (Å²) < 4.78 is 10.9. The van der Waals surface area contributed by atoms with Gasteiger partial charge < -0.3 is 9.47 Å². The third-order valence-electron chi connectivity index (χ3n) is 9.68. The summed E-state index contributed by atoms with van der Waals surface area (Å²) in [5, 5.41) is 0. The first kappa shape index (κ1) is 38.5. The van der Waals surface area contributed by atoms with Gasteiger partial charge >= 0.3 is 11.9 Å². The number of carbonyl (C=O) groups excluding carboxylic acids is 2. The lowest BCUT2D eigenvalue weighted by atomic mass is 9.76. The highest BCUT2D eigenvalue weighted by molar-refractivity contribution is 5.90. The van der Waals surface area contributed by atoms with Gasteiger partial charge in [0.2, 0.25) is 0 Å². The van der Waals surface area contributed by atoms with E-state index in [1.165, 1.54) is 74.5 Å². The lowest BCUT2D eigenvalue weighted by Gasteiger charge is -2.29. The maximum Gasteiger partial charge on any atom is 0.343 e. The summed E-state index contributed by atoms with van der Waals surface area (Å²) in [5.41, 5.74) is 5.41. The molecule has 0 saturated heterocycles. The molecule has 268 valence electrons. The molecular weight excluding hydrogens is 624 g/mol. The number of benzene rings is 3. The van der Waals surface area contributed by atoms with Crippen molar-refractivity contribution in [1.82, 2.24) is 0 Å². The van der Waals surface area contributed by atoms with Gasteiger partial charge in [-0.2, -0.15) is 0 Å². The van der Waals surface area contributed by atoms with Gasteiger partial charge in [0.15, 0.2) is 5.75 Å². The van der Waals surface area contributed by atoms with E-state index < -0.39 is 11.9 Å². The molecule has 0 atom stereocenters. The molecule has 0 aliphatic heterocycles. The summed E-state index contributed by atoms with van der Waals surface area (Å²) >= 11 is 0. The molecule has 0 aromatic heterocycles. The Morgan fingerprint density at radius 3 is 2.08 bits per heavy atom. The second-order valence-corrected chi connectivity index (χ2v) is 13.8. The number of ether oxygens (including phenoxy) is 2. The summed E-state index contributed by atoms with van der Waals surface area (Å²) in [7, 11) is 0. The average Bonchev–Trinajstić information content (AvgIpc) is 3.12. The van der Waals surface area contributed by atoms with E-state index in [4.69, 9.17) is 19.2 Å². The Kier molecular flexibility index (Phi) is 15.7. The van der Waals surface area contributed by atoms with Crippen molar-refractivity contribution in [2.45, 2.75) is 123 Å². The molecule has 0 N–H and O–H groups in total.